The van der Waals surface area contributed by atoms with Crippen molar-refractivity contribution in [1.29, 1.82) is 0 Å². The fourth-order valence-electron chi connectivity index (χ4n) is 2.72. The number of carbonyl (C=O) groups excluding carboxylic acids is 1. The third-order valence-electron chi connectivity index (χ3n) is 4.21. The lowest BCUT2D eigenvalue weighted by atomic mass is 10.2. The number of hydrogen-bond donors (Lipinski definition) is 3. The summed E-state index contributed by atoms with van der Waals surface area (Å²) in [5.74, 6) is -4.67. The minimum absolute atomic E-state index is 0.00183. The van der Waals surface area contributed by atoms with Crippen molar-refractivity contribution in [3.05, 3.63) is 76.0 Å². The molecule has 33 heavy (non-hydrogen) atoms. The second-order valence-electron chi connectivity index (χ2n) is 6.65. The van der Waals surface area contributed by atoms with E-state index in [-0.39, 0.29) is 27.2 Å². The highest BCUT2D eigenvalue weighted by Gasteiger charge is 2.22. The van der Waals surface area contributed by atoms with E-state index in [1.54, 1.807) is 0 Å². The smallest absolute Gasteiger partial charge is 0.394 e. The molecule has 0 atom stereocenters. The molecule has 12 heteroatoms. The van der Waals surface area contributed by atoms with E-state index < -0.39 is 43.9 Å². The number of phenolic OH excluding ortho intramolecular Hbond substituents is 1. The molecular formula is C21H14Cl2FNO7S. The van der Waals surface area contributed by atoms with E-state index in [2.05, 4.69) is 5.32 Å². The summed E-state index contributed by atoms with van der Waals surface area (Å²) in [6, 6.07) is 10.7. The van der Waals surface area contributed by atoms with Crippen LogP contribution in [0.3, 0.4) is 0 Å². The van der Waals surface area contributed by atoms with Gasteiger partial charge in [0.05, 0.1) is 15.8 Å². The van der Waals surface area contributed by atoms with Gasteiger partial charge in [-0.3, -0.25) is 4.79 Å². The predicted molar refractivity (Wildman–Crippen MR) is 118 cm³/mol. The number of anilines is 1. The summed E-state index contributed by atoms with van der Waals surface area (Å²) >= 11 is 12.2. The molecule has 0 unspecified atom stereocenters. The Labute approximate surface area is 197 Å². The third-order valence-corrected chi connectivity index (χ3v) is 6.48. The van der Waals surface area contributed by atoms with Crippen molar-refractivity contribution in [1.82, 2.24) is 0 Å². The number of aliphatic carboxylic acids is 1. The van der Waals surface area contributed by atoms with Gasteiger partial charge in [0.25, 0.3) is 0 Å². The van der Waals surface area contributed by atoms with Gasteiger partial charge in [0.15, 0.2) is 15.6 Å². The van der Waals surface area contributed by atoms with Gasteiger partial charge in [0, 0.05) is 11.8 Å². The number of carbonyl (C=O) groups is 2. The molecule has 3 N–H and O–H groups in total. The normalized spacial score (nSPS) is 11.1. The lowest BCUT2D eigenvalue weighted by Crippen LogP contribution is -2.21. The number of hydrogen-bond acceptors (Lipinski definition) is 6. The van der Waals surface area contributed by atoms with Crippen molar-refractivity contribution in [2.75, 3.05) is 5.32 Å². The fourth-order valence-corrected chi connectivity index (χ4v) is 4.75. The van der Waals surface area contributed by atoms with Crippen LogP contribution in [-0.2, 0) is 25.2 Å². The van der Waals surface area contributed by atoms with Crippen molar-refractivity contribution in [3.63, 3.8) is 0 Å². The summed E-state index contributed by atoms with van der Waals surface area (Å²) in [4.78, 5) is 21.5. The zero-order chi connectivity index (χ0) is 24.3. The van der Waals surface area contributed by atoms with E-state index in [0.29, 0.717) is 5.56 Å². The molecule has 0 aliphatic heterocycles. The van der Waals surface area contributed by atoms with Crippen LogP contribution in [0.2, 0.25) is 10.0 Å². The van der Waals surface area contributed by atoms with Crippen LogP contribution in [0.4, 0.5) is 10.1 Å². The van der Waals surface area contributed by atoms with Gasteiger partial charge >= 0.3 is 11.9 Å². The molecule has 8 nitrogen and oxygen atoms in total. The zero-order valence-electron chi connectivity index (χ0n) is 16.4. The third kappa shape index (κ3) is 5.92. The van der Waals surface area contributed by atoms with Crippen LogP contribution in [0.5, 0.6) is 17.2 Å². The highest BCUT2D eigenvalue weighted by Crippen LogP contribution is 2.40. The Morgan fingerprint density at radius 3 is 2.18 bits per heavy atom. The van der Waals surface area contributed by atoms with E-state index in [1.165, 1.54) is 30.3 Å². The second kappa shape index (κ2) is 9.65. The molecule has 0 spiro atoms. The van der Waals surface area contributed by atoms with Crippen LogP contribution in [0.1, 0.15) is 5.56 Å². The van der Waals surface area contributed by atoms with Crippen LogP contribution in [0.25, 0.3) is 0 Å². The molecule has 3 aromatic rings. The molecule has 0 radical (unpaired) electrons. The topological polar surface area (TPSA) is 130 Å². The number of nitrogens with one attached hydrogen (secondary N) is 1. The maximum absolute atomic E-state index is 13.1. The molecule has 0 aliphatic carbocycles. The molecule has 1 amide bonds. The fraction of sp³-hybridized carbons (Fsp3) is 0.0476. The minimum Gasteiger partial charge on any atom is -0.507 e. The molecule has 0 aliphatic rings. The van der Waals surface area contributed by atoms with Gasteiger partial charge in [0.1, 0.15) is 22.2 Å². The van der Waals surface area contributed by atoms with E-state index in [1.807, 2.05) is 0 Å². The lowest BCUT2D eigenvalue weighted by Gasteiger charge is -2.13. The van der Waals surface area contributed by atoms with Gasteiger partial charge < -0.3 is 20.3 Å². The number of benzene rings is 3. The number of phenols is 1. The van der Waals surface area contributed by atoms with Crippen molar-refractivity contribution < 1.29 is 37.3 Å². The van der Waals surface area contributed by atoms with Crippen molar-refractivity contribution >= 4 is 50.6 Å². The summed E-state index contributed by atoms with van der Waals surface area (Å²) in [5, 5.41) is 20.6. The summed E-state index contributed by atoms with van der Waals surface area (Å²) in [6.45, 7) is 0. The summed E-state index contributed by atoms with van der Waals surface area (Å²) < 4.78 is 44.3. The number of sulfone groups is 1. The Kier molecular flexibility index (Phi) is 7.11. The van der Waals surface area contributed by atoms with Gasteiger partial charge in [-0.25, -0.2) is 17.6 Å². The number of rotatable bonds is 6. The Balaban J connectivity index is 1.88. The molecule has 0 heterocycles. The number of aromatic hydroxyl groups is 1. The van der Waals surface area contributed by atoms with Crippen molar-refractivity contribution in [2.24, 2.45) is 0 Å². The highest BCUT2D eigenvalue weighted by atomic mass is 35.5. The number of halogens is 3. The Bertz CT molecular complexity index is 1320. The average Bonchev–Trinajstić information content (AvgIpc) is 2.73. The first-order valence-corrected chi connectivity index (χ1v) is 11.4. The van der Waals surface area contributed by atoms with Gasteiger partial charge in [-0.05, 0) is 42.0 Å². The number of carboxylic acid groups (broad SMARTS) is 1. The van der Waals surface area contributed by atoms with Crippen LogP contribution in [0.15, 0.2) is 59.5 Å². The monoisotopic (exact) mass is 513 g/mol. The SMILES string of the molecule is O=C(O)C(=O)Nc1cc(Cl)c(Oc2ccc(O)c(S(=O)(=O)Cc3ccc(F)cc3)c2)c(Cl)c1. The maximum Gasteiger partial charge on any atom is 0.394 e. The van der Waals surface area contributed by atoms with Gasteiger partial charge in [0.2, 0.25) is 0 Å². The molecule has 0 saturated carbocycles. The maximum atomic E-state index is 13.1. The zero-order valence-corrected chi connectivity index (χ0v) is 18.7. The summed E-state index contributed by atoms with van der Waals surface area (Å²) in [6.07, 6.45) is 0. The van der Waals surface area contributed by atoms with Crippen molar-refractivity contribution in [3.8, 4) is 17.2 Å². The lowest BCUT2D eigenvalue weighted by molar-refractivity contribution is -0.147. The first kappa shape index (κ1) is 24.3. The molecule has 172 valence electrons. The van der Waals surface area contributed by atoms with Crippen LogP contribution in [-0.4, -0.2) is 30.5 Å². The van der Waals surface area contributed by atoms with Gasteiger partial charge in [-0.1, -0.05) is 35.3 Å². The Morgan fingerprint density at radius 2 is 1.61 bits per heavy atom. The Morgan fingerprint density at radius 1 is 1.00 bits per heavy atom. The van der Waals surface area contributed by atoms with Crippen LogP contribution >= 0.6 is 23.2 Å². The molecule has 3 rings (SSSR count). The summed E-state index contributed by atoms with van der Waals surface area (Å²) in [7, 11) is -4.04. The number of carboxylic acids is 1. The molecule has 0 aromatic heterocycles. The first-order chi connectivity index (χ1) is 15.5. The number of ether oxygens (including phenoxy) is 1. The van der Waals surface area contributed by atoms with Crippen LogP contribution < -0.4 is 10.1 Å². The van der Waals surface area contributed by atoms with E-state index >= 15 is 0 Å². The second-order valence-corrected chi connectivity index (χ2v) is 9.42. The Hall–Kier alpha value is -3.34. The molecular weight excluding hydrogens is 500 g/mol. The first-order valence-electron chi connectivity index (χ1n) is 8.97. The molecule has 3 aromatic carbocycles. The standard InChI is InChI=1S/C21H14Cl2FNO7S/c22-15-7-13(25-20(27)21(28)29)8-16(23)19(15)32-14-5-6-17(26)18(9-14)33(30,31)10-11-1-3-12(24)4-2-11/h1-9,26H,10H2,(H,25,27)(H,28,29). The van der Waals surface area contributed by atoms with E-state index in [0.717, 1.165) is 24.3 Å². The van der Waals surface area contributed by atoms with E-state index in [4.69, 9.17) is 33.0 Å². The highest BCUT2D eigenvalue weighted by molar-refractivity contribution is 7.90. The molecule has 0 fully saturated rings. The molecule has 0 saturated heterocycles. The van der Waals surface area contributed by atoms with E-state index in [9.17, 15) is 27.5 Å². The quantitative estimate of drug-likeness (QED) is 0.409. The number of amides is 1. The predicted octanol–water partition coefficient (Wildman–Crippen LogP) is 4.63. The average molecular weight is 514 g/mol. The van der Waals surface area contributed by atoms with Crippen molar-refractivity contribution in [2.45, 2.75) is 10.6 Å². The minimum atomic E-state index is -4.04. The molecule has 0 bridgehead atoms. The van der Waals surface area contributed by atoms with Gasteiger partial charge in [-0.2, -0.15) is 0 Å². The largest absolute Gasteiger partial charge is 0.507 e. The van der Waals surface area contributed by atoms with Crippen LogP contribution in [0, 0.1) is 5.82 Å². The summed E-state index contributed by atoms with van der Waals surface area (Å²) in [5.41, 5.74) is 0.310. The van der Waals surface area contributed by atoms with Gasteiger partial charge in [-0.15, -0.1) is 0 Å².